The van der Waals surface area contributed by atoms with Crippen LogP contribution in [0.4, 0.5) is 13.6 Å². The molecule has 0 aromatic heterocycles. The molecule has 6 heteroatoms. The first kappa shape index (κ1) is 16.4. The van der Waals surface area contributed by atoms with E-state index < -0.39 is 29.1 Å². The molecule has 4 nitrogen and oxygen atoms in total. The van der Waals surface area contributed by atoms with Crippen molar-refractivity contribution < 1.29 is 18.4 Å². The third kappa shape index (κ3) is 3.61. The number of benzene rings is 1. The summed E-state index contributed by atoms with van der Waals surface area (Å²) in [4.78, 5) is 23.7. The van der Waals surface area contributed by atoms with Crippen molar-refractivity contribution >= 4 is 11.9 Å². The molecular formula is C16H20F2N2O2. The number of hydrogen-bond acceptors (Lipinski definition) is 2. The van der Waals surface area contributed by atoms with Gasteiger partial charge in [-0.1, -0.05) is 32.8 Å². The van der Waals surface area contributed by atoms with Crippen molar-refractivity contribution in [3.05, 3.63) is 35.4 Å². The SMILES string of the molecule is CC1CCCC(NC(=O)NC(=O)c2c(F)cccc2F)C1C. The summed E-state index contributed by atoms with van der Waals surface area (Å²) in [7, 11) is 0. The average molecular weight is 310 g/mol. The number of amides is 3. The molecule has 0 spiro atoms. The van der Waals surface area contributed by atoms with Gasteiger partial charge in [0.25, 0.3) is 5.91 Å². The molecule has 3 unspecified atom stereocenters. The van der Waals surface area contributed by atoms with Gasteiger partial charge < -0.3 is 5.32 Å². The maximum absolute atomic E-state index is 13.5. The summed E-state index contributed by atoms with van der Waals surface area (Å²) >= 11 is 0. The Morgan fingerprint density at radius 2 is 1.77 bits per heavy atom. The summed E-state index contributed by atoms with van der Waals surface area (Å²) in [5.41, 5.74) is -0.747. The van der Waals surface area contributed by atoms with E-state index in [4.69, 9.17) is 0 Å². The number of urea groups is 1. The third-order valence-corrected chi connectivity index (χ3v) is 4.44. The maximum Gasteiger partial charge on any atom is 0.321 e. The largest absolute Gasteiger partial charge is 0.335 e. The monoisotopic (exact) mass is 310 g/mol. The van der Waals surface area contributed by atoms with Crippen molar-refractivity contribution in [1.82, 2.24) is 10.6 Å². The minimum Gasteiger partial charge on any atom is -0.335 e. The first-order valence-electron chi connectivity index (χ1n) is 7.46. The lowest BCUT2D eigenvalue weighted by molar-refractivity contribution is 0.0952. The van der Waals surface area contributed by atoms with Crippen LogP contribution in [0.3, 0.4) is 0 Å². The maximum atomic E-state index is 13.5. The molecule has 1 aromatic rings. The second-order valence-electron chi connectivity index (χ2n) is 5.90. The highest BCUT2D eigenvalue weighted by molar-refractivity contribution is 6.04. The molecule has 0 heterocycles. The molecule has 3 atom stereocenters. The van der Waals surface area contributed by atoms with Crippen LogP contribution in [0.2, 0.25) is 0 Å². The van der Waals surface area contributed by atoms with E-state index in [-0.39, 0.29) is 6.04 Å². The van der Waals surface area contributed by atoms with Crippen LogP contribution < -0.4 is 10.6 Å². The number of carbonyl (C=O) groups is 2. The average Bonchev–Trinajstić information content (AvgIpc) is 2.43. The molecule has 0 bridgehead atoms. The highest BCUT2D eigenvalue weighted by Gasteiger charge is 2.29. The van der Waals surface area contributed by atoms with E-state index in [0.717, 1.165) is 37.5 Å². The number of imide groups is 1. The van der Waals surface area contributed by atoms with Crippen LogP contribution in [-0.4, -0.2) is 18.0 Å². The zero-order valence-corrected chi connectivity index (χ0v) is 12.7. The van der Waals surface area contributed by atoms with Gasteiger partial charge in [-0.3, -0.25) is 10.1 Å². The second-order valence-corrected chi connectivity index (χ2v) is 5.90. The summed E-state index contributed by atoms with van der Waals surface area (Å²) < 4.78 is 27.0. The molecule has 22 heavy (non-hydrogen) atoms. The fourth-order valence-electron chi connectivity index (χ4n) is 2.87. The van der Waals surface area contributed by atoms with Crippen molar-refractivity contribution in [2.75, 3.05) is 0 Å². The van der Waals surface area contributed by atoms with E-state index >= 15 is 0 Å². The van der Waals surface area contributed by atoms with Crippen LogP contribution in [0.1, 0.15) is 43.5 Å². The molecule has 1 saturated carbocycles. The first-order chi connectivity index (χ1) is 10.4. The highest BCUT2D eigenvalue weighted by atomic mass is 19.1. The topological polar surface area (TPSA) is 58.2 Å². The summed E-state index contributed by atoms with van der Waals surface area (Å²) in [6, 6.07) is 2.34. The Morgan fingerprint density at radius 3 is 2.41 bits per heavy atom. The normalized spacial score (nSPS) is 24.6. The van der Waals surface area contributed by atoms with E-state index in [9.17, 15) is 18.4 Å². The smallest absolute Gasteiger partial charge is 0.321 e. The van der Waals surface area contributed by atoms with E-state index in [0.29, 0.717) is 11.8 Å². The Balaban J connectivity index is 1.98. The highest BCUT2D eigenvalue weighted by Crippen LogP contribution is 2.29. The molecular weight excluding hydrogens is 290 g/mol. The van der Waals surface area contributed by atoms with Crippen molar-refractivity contribution in [3.8, 4) is 0 Å². The van der Waals surface area contributed by atoms with Gasteiger partial charge in [0.2, 0.25) is 0 Å². The number of halogens is 2. The molecule has 120 valence electrons. The van der Waals surface area contributed by atoms with E-state index in [1.807, 2.05) is 12.2 Å². The number of rotatable bonds is 2. The number of carbonyl (C=O) groups excluding carboxylic acids is 2. The zero-order valence-electron chi connectivity index (χ0n) is 12.7. The Morgan fingerprint density at radius 1 is 1.14 bits per heavy atom. The minimum atomic E-state index is -1.08. The number of nitrogens with one attached hydrogen (secondary N) is 2. The molecule has 3 amide bonds. The lowest BCUT2D eigenvalue weighted by Crippen LogP contribution is -2.49. The molecule has 1 fully saturated rings. The summed E-state index contributed by atoms with van der Waals surface area (Å²) in [5, 5.41) is 4.71. The van der Waals surface area contributed by atoms with Gasteiger partial charge in [0, 0.05) is 6.04 Å². The van der Waals surface area contributed by atoms with Crippen LogP contribution >= 0.6 is 0 Å². The van der Waals surface area contributed by atoms with Gasteiger partial charge in [-0.25, -0.2) is 13.6 Å². The standard InChI is InChI=1S/C16H20F2N2O2/c1-9-5-3-8-13(10(9)2)19-16(22)20-15(21)14-11(17)6-4-7-12(14)18/h4,6-7,9-10,13H,3,5,8H2,1-2H3,(H2,19,20,21,22). The van der Waals surface area contributed by atoms with E-state index in [1.54, 1.807) is 0 Å². The van der Waals surface area contributed by atoms with Crippen LogP contribution in [0.5, 0.6) is 0 Å². The Bertz CT molecular complexity index is 557. The minimum absolute atomic E-state index is 0.0398. The third-order valence-electron chi connectivity index (χ3n) is 4.44. The van der Waals surface area contributed by atoms with Gasteiger partial charge in [0.15, 0.2) is 0 Å². The number of hydrogen-bond donors (Lipinski definition) is 2. The lowest BCUT2D eigenvalue weighted by atomic mass is 9.78. The molecule has 1 aliphatic rings. The van der Waals surface area contributed by atoms with E-state index in [2.05, 4.69) is 12.2 Å². The Hall–Kier alpha value is -1.98. The van der Waals surface area contributed by atoms with Gasteiger partial charge in [-0.15, -0.1) is 0 Å². The molecule has 0 saturated heterocycles. The van der Waals surface area contributed by atoms with Crippen LogP contribution in [0.25, 0.3) is 0 Å². The van der Waals surface area contributed by atoms with Crippen molar-refractivity contribution in [3.63, 3.8) is 0 Å². The Labute approximate surface area is 128 Å². The van der Waals surface area contributed by atoms with Gasteiger partial charge in [0.1, 0.15) is 17.2 Å². The second kappa shape index (κ2) is 6.85. The lowest BCUT2D eigenvalue weighted by Gasteiger charge is -2.34. The molecule has 0 radical (unpaired) electrons. The van der Waals surface area contributed by atoms with Crippen molar-refractivity contribution in [2.24, 2.45) is 11.8 Å². The van der Waals surface area contributed by atoms with Crippen molar-refractivity contribution in [2.45, 2.75) is 39.2 Å². The quantitative estimate of drug-likeness (QED) is 0.881. The fraction of sp³-hybridized carbons (Fsp3) is 0.500. The van der Waals surface area contributed by atoms with Gasteiger partial charge in [-0.05, 0) is 30.4 Å². The van der Waals surface area contributed by atoms with Gasteiger partial charge >= 0.3 is 6.03 Å². The van der Waals surface area contributed by atoms with Gasteiger partial charge in [0.05, 0.1) is 0 Å². The Kier molecular flexibility index (Phi) is 5.11. The predicted octanol–water partition coefficient (Wildman–Crippen LogP) is 3.23. The molecule has 2 rings (SSSR count). The summed E-state index contributed by atoms with van der Waals surface area (Å²) in [5.74, 6) is -2.29. The van der Waals surface area contributed by atoms with Crippen molar-refractivity contribution in [1.29, 1.82) is 0 Å². The molecule has 1 aliphatic carbocycles. The molecule has 2 N–H and O–H groups in total. The predicted molar refractivity (Wildman–Crippen MR) is 78.3 cm³/mol. The van der Waals surface area contributed by atoms with Crippen LogP contribution in [0.15, 0.2) is 18.2 Å². The van der Waals surface area contributed by atoms with Gasteiger partial charge in [-0.2, -0.15) is 0 Å². The first-order valence-corrected chi connectivity index (χ1v) is 7.46. The van der Waals surface area contributed by atoms with Crippen LogP contribution in [-0.2, 0) is 0 Å². The van der Waals surface area contributed by atoms with Crippen LogP contribution in [0, 0.1) is 23.5 Å². The summed E-state index contributed by atoms with van der Waals surface area (Å²) in [6.07, 6.45) is 2.95. The summed E-state index contributed by atoms with van der Waals surface area (Å²) in [6.45, 7) is 4.17. The molecule has 1 aromatic carbocycles. The zero-order chi connectivity index (χ0) is 16.3. The van der Waals surface area contributed by atoms with E-state index in [1.165, 1.54) is 0 Å². The molecule has 0 aliphatic heterocycles. The fourth-order valence-corrected chi connectivity index (χ4v) is 2.87.